The molecule has 3 heteroatoms. The first-order valence-electron chi connectivity index (χ1n) is 7.07. The molecule has 17 heavy (non-hydrogen) atoms. The second kappa shape index (κ2) is 4.87. The van der Waals surface area contributed by atoms with Gasteiger partial charge in [0.15, 0.2) is 0 Å². The van der Waals surface area contributed by atoms with Crippen LogP contribution in [0.25, 0.3) is 0 Å². The van der Waals surface area contributed by atoms with E-state index in [-0.39, 0.29) is 0 Å². The first kappa shape index (κ1) is 13.3. The largest absolute Gasteiger partial charge is 0.314 e. The molecule has 0 aliphatic carbocycles. The highest BCUT2D eigenvalue weighted by molar-refractivity contribution is 4.91. The lowest BCUT2D eigenvalue weighted by Gasteiger charge is -2.43. The van der Waals surface area contributed by atoms with Crippen LogP contribution in [-0.4, -0.2) is 61.2 Å². The Hall–Kier alpha value is -0.120. The molecule has 0 radical (unpaired) electrons. The molecule has 0 spiro atoms. The Morgan fingerprint density at radius 2 is 1.76 bits per heavy atom. The molecule has 3 nitrogen and oxygen atoms in total. The molecule has 2 fully saturated rings. The van der Waals surface area contributed by atoms with Crippen molar-refractivity contribution >= 4 is 0 Å². The van der Waals surface area contributed by atoms with E-state index in [2.05, 4.69) is 42.8 Å². The van der Waals surface area contributed by atoms with E-state index in [1.54, 1.807) is 0 Å². The summed E-state index contributed by atoms with van der Waals surface area (Å²) >= 11 is 0. The Morgan fingerprint density at radius 3 is 2.29 bits per heavy atom. The zero-order valence-corrected chi connectivity index (χ0v) is 12.1. The number of piperazine rings is 1. The van der Waals surface area contributed by atoms with Gasteiger partial charge in [-0.05, 0) is 32.2 Å². The fraction of sp³-hybridized carbons (Fsp3) is 1.00. The van der Waals surface area contributed by atoms with Crippen LogP contribution in [-0.2, 0) is 0 Å². The number of hydrogen-bond acceptors (Lipinski definition) is 3. The summed E-state index contributed by atoms with van der Waals surface area (Å²) in [7, 11) is 0. The van der Waals surface area contributed by atoms with Gasteiger partial charge < -0.3 is 10.2 Å². The summed E-state index contributed by atoms with van der Waals surface area (Å²) in [5.41, 5.74) is 0.849. The van der Waals surface area contributed by atoms with Gasteiger partial charge in [-0.1, -0.05) is 13.8 Å². The van der Waals surface area contributed by atoms with Gasteiger partial charge in [0.05, 0.1) is 0 Å². The van der Waals surface area contributed by atoms with Crippen molar-refractivity contribution in [1.29, 1.82) is 0 Å². The Bertz CT molecular complexity index is 254. The molecular weight excluding hydrogens is 210 g/mol. The van der Waals surface area contributed by atoms with E-state index >= 15 is 0 Å². The SMILES string of the molecule is CC1(C)CCN(CC(C)(C)N2CCNCC2)C1. The lowest BCUT2D eigenvalue weighted by Crippen LogP contribution is -2.57. The average Bonchev–Trinajstić information content (AvgIpc) is 2.58. The van der Waals surface area contributed by atoms with Crippen LogP contribution in [0.3, 0.4) is 0 Å². The first-order valence-corrected chi connectivity index (χ1v) is 7.07. The Morgan fingerprint density at radius 1 is 1.12 bits per heavy atom. The van der Waals surface area contributed by atoms with Crippen molar-refractivity contribution in [2.75, 3.05) is 45.8 Å². The molecule has 0 amide bonds. The quantitative estimate of drug-likeness (QED) is 0.803. The highest BCUT2D eigenvalue weighted by Gasteiger charge is 2.35. The van der Waals surface area contributed by atoms with E-state index in [1.165, 1.54) is 39.1 Å². The molecule has 2 heterocycles. The Kier molecular flexibility index (Phi) is 3.81. The predicted octanol–water partition coefficient (Wildman–Crippen LogP) is 1.40. The number of nitrogens with one attached hydrogen (secondary N) is 1. The maximum absolute atomic E-state index is 3.44. The van der Waals surface area contributed by atoms with Crippen LogP contribution in [0.4, 0.5) is 0 Å². The van der Waals surface area contributed by atoms with Crippen molar-refractivity contribution in [1.82, 2.24) is 15.1 Å². The van der Waals surface area contributed by atoms with Gasteiger partial charge >= 0.3 is 0 Å². The number of nitrogens with zero attached hydrogens (tertiary/aromatic N) is 2. The van der Waals surface area contributed by atoms with Gasteiger partial charge in [0, 0.05) is 44.8 Å². The third-order valence-corrected chi connectivity index (χ3v) is 4.34. The fourth-order valence-corrected chi connectivity index (χ4v) is 3.28. The number of hydrogen-bond donors (Lipinski definition) is 1. The van der Waals surface area contributed by atoms with Gasteiger partial charge in [-0.25, -0.2) is 0 Å². The lowest BCUT2D eigenvalue weighted by molar-refractivity contribution is 0.0680. The Labute approximate surface area is 107 Å². The zero-order chi connectivity index (χ0) is 12.5. The van der Waals surface area contributed by atoms with Gasteiger partial charge in [-0.2, -0.15) is 0 Å². The predicted molar refractivity (Wildman–Crippen MR) is 73.4 cm³/mol. The molecule has 0 aromatic heterocycles. The van der Waals surface area contributed by atoms with Gasteiger partial charge in [-0.15, -0.1) is 0 Å². The average molecular weight is 239 g/mol. The van der Waals surface area contributed by atoms with E-state index in [0.29, 0.717) is 11.0 Å². The van der Waals surface area contributed by atoms with Crippen molar-refractivity contribution < 1.29 is 0 Å². The maximum Gasteiger partial charge on any atom is 0.0281 e. The summed E-state index contributed by atoms with van der Waals surface area (Å²) in [6.07, 6.45) is 1.35. The highest BCUT2D eigenvalue weighted by atomic mass is 15.3. The van der Waals surface area contributed by atoms with Crippen LogP contribution in [0.1, 0.15) is 34.1 Å². The highest BCUT2D eigenvalue weighted by Crippen LogP contribution is 2.30. The van der Waals surface area contributed by atoms with Gasteiger partial charge in [0.2, 0.25) is 0 Å². The standard InChI is InChI=1S/C14H29N3/c1-13(2)5-8-16(11-13)12-14(3,4)17-9-6-15-7-10-17/h15H,5-12H2,1-4H3. The van der Waals surface area contributed by atoms with Gasteiger partial charge in [0.25, 0.3) is 0 Å². The van der Waals surface area contributed by atoms with Crippen LogP contribution in [0.5, 0.6) is 0 Å². The molecule has 0 unspecified atom stereocenters. The third-order valence-electron chi connectivity index (χ3n) is 4.34. The summed E-state index contributed by atoms with van der Waals surface area (Å²) in [5, 5.41) is 3.44. The summed E-state index contributed by atoms with van der Waals surface area (Å²) in [6.45, 7) is 18.1. The first-order chi connectivity index (χ1) is 7.89. The second-order valence-electron chi connectivity index (χ2n) is 7.17. The van der Waals surface area contributed by atoms with E-state index in [9.17, 15) is 0 Å². The smallest absolute Gasteiger partial charge is 0.0281 e. The number of rotatable bonds is 3. The van der Waals surface area contributed by atoms with Crippen molar-refractivity contribution in [3.05, 3.63) is 0 Å². The van der Waals surface area contributed by atoms with E-state index in [4.69, 9.17) is 0 Å². The minimum absolute atomic E-state index is 0.322. The van der Waals surface area contributed by atoms with Crippen molar-refractivity contribution in [2.24, 2.45) is 5.41 Å². The van der Waals surface area contributed by atoms with Crippen molar-refractivity contribution in [3.8, 4) is 0 Å². The minimum Gasteiger partial charge on any atom is -0.314 e. The zero-order valence-electron chi connectivity index (χ0n) is 12.1. The molecule has 0 atom stereocenters. The van der Waals surface area contributed by atoms with Gasteiger partial charge in [-0.3, -0.25) is 4.90 Å². The number of likely N-dealkylation sites (tertiary alicyclic amines) is 1. The molecular formula is C14H29N3. The molecule has 2 aliphatic heterocycles. The molecule has 2 saturated heterocycles. The molecule has 0 aromatic rings. The second-order valence-corrected chi connectivity index (χ2v) is 7.17. The van der Waals surface area contributed by atoms with Crippen LogP contribution >= 0.6 is 0 Å². The van der Waals surface area contributed by atoms with Crippen LogP contribution in [0, 0.1) is 5.41 Å². The lowest BCUT2D eigenvalue weighted by atomic mass is 9.93. The molecule has 2 rings (SSSR count). The van der Waals surface area contributed by atoms with Crippen molar-refractivity contribution in [2.45, 2.75) is 39.7 Å². The summed E-state index contributed by atoms with van der Waals surface area (Å²) in [4.78, 5) is 5.30. The Balaban J connectivity index is 1.88. The van der Waals surface area contributed by atoms with E-state index < -0.39 is 0 Å². The van der Waals surface area contributed by atoms with Crippen molar-refractivity contribution in [3.63, 3.8) is 0 Å². The molecule has 100 valence electrons. The van der Waals surface area contributed by atoms with Crippen LogP contribution in [0.15, 0.2) is 0 Å². The van der Waals surface area contributed by atoms with Crippen LogP contribution in [0.2, 0.25) is 0 Å². The third kappa shape index (κ3) is 3.43. The minimum atomic E-state index is 0.322. The molecule has 0 aromatic carbocycles. The van der Waals surface area contributed by atoms with E-state index in [1.807, 2.05) is 0 Å². The normalized spacial score (nSPS) is 27.5. The summed E-state index contributed by atoms with van der Waals surface area (Å²) in [5.74, 6) is 0. The van der Waals surface area contributed by atoms with Gasteiger partial charge in [0.1, 0.15) is 0 Å². The van der Waals surface area contributed by atoms with Crippen LogP contribution < -0.4 is 5.32 Å². The summed E-state index contributed by atoms with van der Waals surface area (Å²) in [6, 6.07) is 0. The van der Waals surface area contributed by atoms with E-state index in [0.717, 1.165) is 13.1 Å². The fourth-order valence-electron chi connectivity index (χ4n) is 3.28. The molecule has 0 saturated carbocycles. The topological polar surface area (TPSA) is 18.5 Å². The molecule has 0 bridgehead atoms. The molecule has 1 N–H and O–H groups in total. The molecule has 2 aliphatic rings. The summed E-state index contributed by atoms with van der Waals surface area (Å²) < 4.78 is 0. The monoisotopic (exact) mass is 239 g/mol. The maximum atomic E-state index is 3.44.